The van der Waals surface area contributed by atoms with Crippen molar-refractivity contribution < 1.29 is 9.15 Å². The highest BCUT2D eigenvalue weighted by Gasteiger charge is 2.19. The van der Waals surface area contributed by atoms with E-state index >= 15 is 0 Å². The van der Waals surface area contributed by atoms with Crippen molar-refractivity contribution in [2.45, 2.75) is 32.9 Å². The summed E-state index contributed by atoms with van der Waals surface area (Å²) < 4.78 is 10.7. The lowest BCUT2D eigenvalue weighted by Gasteiger charge is -2.23. The second-order valence-corrected chi connectivity index (χ2v) is 3.25. The minimum atomic E-state index is 0.164. The van der Waals surface area contributed by atoms with Crippen LogP contribution >= 0.6 is 0 Å². The Kier molecular flexibility index (Phi) is 4.70. The third-order valence-corrected chi connectivity index (χ3v) is 2.23. The van der Waals surface area contributed by atoms with Crippen LogP contribution in [0.15, 0.2) is 23.0 Å². The van der Waals surface area contributed by atoms with E-state index in [9.17, 15) is 0 Å². The minimum Gasteiger partial charge on any atom is -0.472 e. The van der Waals surface area contributed by atoms with Gasteiger partial charge < -0.3 is 14.5 Å². The largest absolute Gasteiger partial charge is 0.472 e. The zero-order valence-corrected chi connectivity index (χ0v) is 9.12. The standard InChI is InChI=1S/C11H19NO2/c1-4-12-11(9(3)14-5-2)10-6-7-13-8-10/h6-9,11-12H,4-5H2,1-3H3. The van der Waals surface area contributed by atoms with E-state index in [0.29, 0.717) is 0 Å². The van der Waals surface area contributed by atoms with Crippen LogP contribution in [0.4, 0.5) is 0 Å². The van der Waals surface area contributed by atoms with Gasteiger partial charge >= 0.3 is 0 Å². The number of ether oxygens (including phenoxy) is 1. The average molecular weight is 197 g/mol. The van der Waals surface area contributed by atoms with E-state index in [2.05, 4.69) is 19.2 Å². The monoisotopic (exact) mass is 197 g/mol. The summed E-state index contributed by atoms with van der Waals surface area (Å²) in [5.74, 6) is 0. The van der Waals surface area contributed by atoms with E-state index in [4.69, 9.17) is 9.15 Å². The molecule has 1 rings (SSSR count). The van der Waals surface area contributed by atoms with Crippen molar-refractivity contribution in [2.75, 3.05) is 13.2 Å². The van der Waals surface area contributed by atoms with Crippen molar-refractivity contribution in [1.82, 2.24) is 5.32 Å². The smallest absolute Gasteiger partial charge is 0.0951 e. The average Bonchev–Trinajstić information content (AvgIpc) is 2.67. The third kappa shape index (κ3) is 2.86. The van der Waals surface area contributed by atoms with E-state index in [0.717, 1.165) is 18.7 Å². The zero-order valence-electron chi connectivity index (χ0n) is 9.12. The molecule has 1 aromatic heterocycles. The van der Waals surface area contributed by atoms with Crippen molar-refractivity contribution in [1.29, 1.82) is 0 Å². The van der Waals surface area contributed by atoms with Gasteiger partial charge in [0.25, 0.3) is 0 Å². The zero-order chi connectivity index (χ0) is 10.4. The molecule has 0 bridgehead atoms. The summed E-state index contributed by atoms with van der Waals surface area (Å²) >= 11 is 0. The van der Waals surface area contributed by atoms with Gasteiger partial charge in [-0.25, -0.2) is 0 Å². The van der Waals surface area contributed by atoms with Gasteiger partial charge in [0.05, 0.1) is 24.7 Å². The molecular formula is C11H19NO2. The van der Waals surface area contributed by atoms with E-state index in [1.165, 1.54) is 0 Å². The van der Waals surface area contributed by atoms with Gasteiger partial charge in [-0.05, 0) is 26.5 Å². The molecular weight excluding hydrogens is 178 g/mol. The summed E-state index contributed by atoms with van der Waals surface area (Å²) in [7, 11) is 0. The predicted molar refractivity (Wildman–Crippen MR) is 56.2 cm³/mol. The van der Waals surface area contributed by atoms with E-state index < -0.39 is 0 Å². The normalized spacial score (nSPS) is 15.4. The van der Waals surface area contributed by atoms with Crippen LogP contribution < -0.4 is 5.32 Å². The molecule has 0 fully saturated rings. The van der Waals surface area contributed by atoms with Crippen LogP contribution in [0.5, 0.6) is 0 Å². The Labute approximate surface area is 85.4 Å². The number of furan rings is 1. The van der Waals surface area contributed by atoms with Crippen LogP contribution in [0.1, 0.15) is 32.4 Å². The van der Waals surface area contributed by atoms with Crippen LogP contribution in [0.25, 0.3) is 0 Å². The van der Waals surface area contributed by atoms with Gasteiger partial charge in [0.15, 0.2) is 0 Å². The van der Waals surface area contributed by atoms with Crippen LogP contribution in [0.3, 0.4) is 0 Å². The third-order valence-electron chi connectivity index (χ3n) is 2.23. The van der Waals surface area contributed by atoms with Crippen molar-refractivity contribution >= 4 is 0 Å². The first-order valence-corrected chi connectivity index (χ1v) is 5.16. The summed E-state index contributed by atoms with van der Waals surface area (Å²) in [5, 5.41) is 3.38. The maximum absolute atomic E-state index is 5.58. The lowest BCUT2D eigenvalue weighted by Crippen LogP contribution is -2.31. The Morgan fingerprint density at radius 3 is 2.79 bits per heavy atom. The second-order valence-electron chi connectivity index (χ2n) is 3.25. The Morgan fingerprint density at radius 1 is 1.50 bits per heavy atom. The molecule has 2 atom stereocenters. The van der Waals surface area contributed by atoms with Crippen molar-refractivity contribution in [3.63, 3.8) is 0 Å². The van der Waals surface area contributed by atoms with Crippen LogP contribution in [-0.4, -0.2) is 19.3 Å². The maximum Gasteiger partial charge on any atom is 0.0951 e. The SMILES string of the molecule is CCNC(c1ccoc1)C(C)OCC. The fraction of sp³-hybridized carbons (Fsp3) is 0.636. The topological polar surface area (TPSA) is 34.4 Å². The van der Waals surface area contributed by atoms with E-state index in [1.807, 2.05) is 13.0 Å². The van der Waals surface area contributed by atoms with Gasteiger partial charge in [-0.1, -0.05) is 6.92 Å². The molecule has 1 heterocycles. The van der Waals surface area contributed by atoms with Gasteiger partial charge in [0.1, 0.15) is 0 Å². The molecule has 0 aliphatic heterocycles. The molecule has 0 aliphatic carbocycles. The minimum absolute atomic E-state index is 0.164. The first-order valence-electron chi connectivity index (χ1n) is 5.16. The van der Waals surface area contributed by atoms with Crippen molar-refractivity contribution in [2.24, 2.45) is 0 Å². The molecule has 0 radical (unpaired) electrons. The molecule has 1 aromatic rings. The van der Waals surface area contributed by atoms with Gasteiger partial charge in [-0.2, -0.15) is 0 Å². The van der Waals surface area contributed by atoms with Crippen LogP contribution in [-0.2, 0) is 4.74 Å². The molecule has 0 spiro atoms. The van der Waals surface area contributed by atoms with Crippen LogP contribution in [0, 0.1) is 0 Å². The Morgan fingerprint density at radius 2 is 2.29 bits per heavy atom. The lowest BCUT2D eigenvalue weighted by molar-refractivity contribution is 0.0475. The van der Waals surface area contributed by atoms with Crippen LogP contribution in [0.2, 0.25) is 0 Å². The lowest BCUT2D eigenvalue weighted by atomic mass is 10.1. The fourth-order valence-electron chi connectivity index (χ4n) is 1.59. The summed E-state index contributed by atoms with van der Waals surface area (Å²) in [6.45, 7) is 7.83. The molecule has 3 nitrogen and oxygen atoms in total. The molecule has 0 amide bonds. The Hall–Kier alpha value is -0.800. The molecule has 0 saturated heterocycles. The van der Waals surface area contributed by atoms with Gasteiger partial charge in [0.2, 0.25) is 0 Å². The maximum atomic E-state index is 5.58. The fourth-order valence-corrected chi connectivity index (χ4v) is 1.59. The first-order chi connectivity index (χ1) is 6.79. The summed E-state index contributed by atoms with van der Waals surface area (Å²) in [6, 6.07) is 2.20. The molecule has 80 valence electrons. The Bertz CT molecular complexity index is 233. The van der Waals surface area contributed by atoms with E-state index in [1.54, 1.807) is 12.5 Å². The molecule has 0 aromatic carbocycles. The van der Waals surface area contributed by atoms with Gasteiger partial charge in [-0.3, -0.25) is 0 Å². The van der Waals surface area contributed by atoms with Gasteiger partial charge in [0, 0.05) is 12.2 Å². The summed E-state index contributed by atoms with van der Waals surface area (Å²) in [4.78, 5) is 0. The molecule has 0 aliphatic rings. The van der Waals surface area contributed by atoms with E-state index in [-0.39, 0.29) is 12.1 Å². The number of likely N-dealkylation sites (N-methyl/N-ethyl adjacent to an activating group) is 1. The van der Waals surface area contributed by atoms with Crippen molar-refractivity contribution in [3.05, 3.63) is 24.2 Å². The number of hydrogen-bond acceptors (Lipinski definition) is 3. The molecule has 3 heteroatoms. The highest BCUT2D eigenvalue weighted by Crippen LogP contribution is 2.19. The predicted octanol–water partition coefficient (Wildman–Crippen LogP) is 2.36. The molecule has 2 unspecified atom stereocenters. The number of hydrogen-bond donors (Lipinski definition) is 1. The Balaban J connectivity index is 2.63. The highest BCUT2D eigenvalue weighted by molar-refractivity contribution is 5.13. The van der Waals surface area contributed by atoms with Gasteiger partial charge in [-0.15, -0.1) is 0 Å². The number of rotatable bonds is 6. The molecule has 0 saturated carbocycles. The summed E-state index contributed by atoms with van der Waals surface area (Å²) in [6.07, 6.45) is 3.62. The molecule has 1 N–H and O–H groups in total. The quantitative estimate of drug-likeness (QED) is 0.760. The highest BCUT2D eigenvalue weighted by atomic mass is 16.5. The second kappa shape index (κ2) is 5.83. The molecule has 14 heavy (non-hydrogen) atoms. The van der Waals surface area contributed by atoms with Crippen molar-refractivity contribution in [3.8, 4) is 0 Å². The first kappa shape index (κ1) is 11.3. The summed E-state index contributed by atoms with van der Waals surface area (Å²) in [5.41, 5.74) is 1.15. The number of nitrogens with one attached hydrogen (secondary N) is 1.